The number of hydrogen-bond donors (Lipinski definition) is 1. The van der Waals surface area contributed by atoms with Gasteiger partial charge in [-0.2, -0.15) is 0 Å². The van der Waals surface area contributed by atoms with Crippen molar-refractivity contribution < 1.29 is 33.6 Å². The predicted octanol–water partition coefficient (Wildman–Crippen LogP) is 4.18. The van der Waals surface area contributed by atoms with Crippen LogP contribution in [-0.2, 0) is 14.2 Å². The standard InChI is InChI=1S/C30H43NO7/c1-5-36-16-17-38-19-18-37-15-14-31-12-10-23(11-13-31)26-9-8-25(21-28(26)35-4)30(33)29(32)24-7-6-22(2)27(20-24)34-3/h6-9,20-21,23,30,33H,5,10-19H2,1-4H3. The maximum Gasteiger partial charge on any atom is 0.195 e. The number of ketones is 1. The molecule has 0 bridgehead atoms. The number of carbonyl (C=O) groups excluding carboxylic acids is 1. The van der Waals surface area contributed by atoms with E-state index in [4.69, 9.17) is 23.7 Å². The average Bonchev–Trinajstić information content (AvgIpc) is 2.95. The number of carbonyl (C=O) groups is 1. The Kier molecular flexibility index (Phi) is 12.5. The minimum atomic E-state index is -1.28. The van der Waals surface area contributed by atoms with Crippen molar-refractivity contribution in [1.29, 1.82) is 0 Å². The first-order valence-corrected chi connectivity index (χ1v) is 13.5. The van der Waals surface area contributed by atoms with Gasteiger partial charge in [0, 0.05) is 18.7 Å². The second kappa shape index (κ2) is 15.8. The lowest BCUT2D eigenvalue weighted by atomic mass is 9.87. The van der Waals surface area contributed by atoms with Gasteiger partial charge >= 0.3 is 0 Å². The van der Waals surface area contributed by atoms with Crippen LogP contribution in [0, 0.1) is 6.92 Å². The third kappa shape index (κ3) is 8.51. The van der Waals surface area contributed by atoms with Crippen LogP contribution in [0.15, 0.2) is 36.4 Å². The topological polar surface area (TPSA) is 86.7 Å². The molecule has 1 N–H and O–H groups in total. The van der Waals surface area contributed by atoms with Gasteiger partial charge in [-0.3, -0.25) is 4.79 Å². The molecule has 0 aliphatic carbocycles. The van der Waals surface area contributed by atoms with Crippen LogP contribution < -0.4 is 9.47 Å². The quantitative estimate of drug-likeness (QED) is 0.256. The van der Waals surface area contributed by atoms with Crippen LogP contribution in [0.3, 0.4) is 0 Å². The van der Waals surface area contributed by atoms with Crippen LogP contribution in [0.25, 0.3) is 0 Å². The second-order valence-corrected chi connectivity index (χ2v) is 9.49. The number of rotatable bonds is 16. The zero-order valence-corrected chi connectivity index (χ0v) is 23.2. The van der Waals surface area contributed by atoms with Gasteiger partial charge in [0.25, 0.3) is 0 Å². The molecular formula is C30H43NO7. The maximum absolute atomic E-state index is 13.0. The third-order valence-corrected chi connectivity index (χ3v) is 7.04. The van der Waals surface area contributed by atoms with Crippen molar-refractivity contribution in [2.24, 2.45) is 0 Å². The number of nitrogens with zero attached hydrogens (tertiary/aromatic N) is 1. The fourth-order valence-corrected chi connectivity index (χ4v) is 4.76. The number of hydrogen-bond acceptors (Lipinski definition) is 8. The number of methoxy groups -OCH3 is 2. The highest BCUT2D eigenvalue weighted by Gasteiger charge is 2.26. The fourth-order valence-electron chi connectivity index (χ4n) is 4.76. The molecule has 210 valence electrons. The van der Waals surface area contributed by atoms with Crippen molar-refractivity contribution in [3.05, 3.63) is 58.7 Å². The van der Waals surface area contributed by atoms with E-state index in [1.807, 2.05) is 32.0 Å². The molecule has 8 heteroatoms. The van der Waals surface area contributed by atoms with Gasteiger partial charge in [0.2, 0.25) is 0 Å². The molecule has 2 aromatic carbocycles. The van der Waals surface area contributed by atoms with Crippen LogP contribution in [0.4, 0.5) is 0 Å². The lowest BCUT2D eigenvalue weighted by Gasteiger charge is -2.32. The zero-order chi connectivity index (χ0) is 27.3. The van der Waals surface area contributed by atoms with E-state index in [9.17, 15) is 9.90 Å². The largest absolute Gasteiger partial charge is 0.496 e. The molecule has 1 aliphatic heterocycles. The van der Waals surface area contributed by atoms with Gasteiger partial charge in [-0.1, -0.05) is 24.3 Å². The number of aryl methyl sites for hydroxylation is 1. The van der Waals surface area contributed by atoms with Gasteiger partial charge < -0.3 is 33.7 Å². The molecule has 3 rings (SSSR count). The summed E-state index contributed by atoms with van der Waals surface area (Å²) in [4.78, 5) is 15.4. The molecule has 8 nitrogen and oxygen atoms in total. The van der Waals surface area contributed by atoms with E-state index in [-0.39, 0.29) is 5.78 Å². The summed E-state index contributed by atoms with van der Waals surface area (Å²) < 4.78 is 27.4. The highest BCUT2D eigenvalue weighted by atomic mass is 16.5. The van der Waals surface area contributed by atoms with E-state index in [0.717, 1.165) is 43.6 Å². The Morgan fingerprint density at radius 3 is 2.24 bits per heavy atom. The van der Waals surface area contributed by atoms with Gasteiger partial charge in [0.05, 0.1) is 47.3 Å². The summed E-state index contributed by atoms with van der Waals surface area (Å²) in [5, 5.41) is 10.8. The first kappa shape index (κ1) is 30.1. The average molecular weight is 530 g/mol. The van der Waals surface area contributed by atoms with Crippen LogP contribution in [-0.4, -0.2) is 89.3 Å². The smallest absolute Gasteiger partial charge is 0.195 e. The molecule has 2 aromatic rings. The number of aliphatic hydroxyl groups excluding tert-OH is 1. The first-order chi connectivity index (χ1) is 18.5. The summed E-state index contributed by atoms with van der Waals surface area (Å²) in [6.07, 6.45) is 0.754. The van der Waals surface area contributed by atoms with Crippen LogP contribution >= 0.6 is 0 Å². The molecule has 1 unspecified atom stereocenters. The van der Waals surface area contributed by atoms with Crippen LogP contribution in [0.5, 0.6) is 11.5 Å². The molecule has 1 atom stereocenters. The molecular weight excluding hydrogens is 486 g/mol. The second-order valence-electron chi connectivity index (χ2n) is 9.49. The fraction of sp³-hybridized carbons (Fsp3) is 0.567. The minimum absolute atomic E-state index is 0.365. The van der Waals surface area contributed by atoms with Crippen molar-refractivity contribution in [3.63, 3.8) is 0 Å². The van der Waals surface area contributed by atoms with Crippen molar-refractivity contribution in [3.8, 4) is 11.5 Å². The van der Waals surface area contributed by atoms with Crippen molar-refractivity contribution >= 4 is 5.78 Å². The molecule has 0 aromatic heterocycles. The first-order valence-electron chi connectivity index (χ1n) is 13.5. The van der Waals surface area contributed by atoms with E-state index in [1.54, 1.807) is 32.4 Å². The predicted molar refractivity (Wildman–Crippen MR) is 147 cm³/mol. The number of piperidine rings is 1. The van der Waals surface area contributed by atoms with Crippen molar-refractivity contribution in [1.82, 2.24) is 4.90 Å². The van der Waals surface area contributed by atoms with Crippen molar-refractivity contribution in [2.45, 2.75) is 38.7 Å². The Morgan fingerprint density at radius 1 is 0.921 bits per heavy atom. The number of ether oxygens (including phenoxy) is 5. The normalized spacial score (nSPS) is 15.4. The molecule has 0 spiro atoms. The summed E-state index contributed by atoms with van der Waals surface area (Å²) in [5.41, 5.74) is 2.98. The van der Waals surface area contributed by atoms with E-state index in [0.29, 0.717) is 68.2 Å². The van der Waals surface area contributed by atoms with Gasteiger partial charge in [-0.15, -0.1) is 0 Å². The monoisotopic (exact) mass is 529 g/mol. The third-order valence-electron chi connectivity index (χ3n) is 7.04. The molecule has 0 amide bonds. The summed E-state index contributed by atoms with van der Waals surface area (Å²) in [7, 11) is 3.20. The number of benzene rings is 2. The molecule has 1 heterocycles. The highest BCUT2D eigenvalue weighted by Crippen LogP contribution is 2.36. The highest BCUT2D eigenvalue weighted by molar-refractivity contribution is 6.00. The lowest BCUT2D eigenvalue weighted by Crippen LogP contribution is -2.35. The number of aliphatic hydroxyl groups is 1. The lowest BCUT2D eigenvalue weighted by molar-refractivity contribution is 0.0115. The van der Waals surface area contributed by atoms with Crippen molar-refractivity contribution in [2.75, 3.05) is 73.5 Å². The summed E-state index contributed by atoms with van der Waals surface area (Å²) >= 11 is 0. The summed E-state index contributed by atoms with van der Waals surface area (Å²) in [6.45, 7) is 10.6. The molecule has 1 aliphatic rings. The van der Waals surface area contributed by atoms with Gasteiger partial charge in [0.1, 0.15) is 17.6 Å². The molecule has 1 fully saturated rings. The Labute approximate surface area is 226 Å². The molecule has 0 radical (unpaired) electrons. The van der Waals surface area contributed by atoms with Gasteiger partial charge in [-0.05, 0) is 74.5 Å². The van der Waals surface area contributed by atoms with Crippen LogP contribution in [0.1, 0.15) is 58.8 Å². The van der Waals surface area contributed by atoms with E-state index in [2.05, 4.69) is 4.90 Å². The number of likely N-dealkylation sites (tertiary alicyclic amines) is 1. The molecule has 0 saturated carbocycles. The molecule has 38 heavy (non-hydrogen) atoms. The van der Waals surface area contributed by atoms with E-state index >= 15 is 0 Å². The zero-order valence-electron chi connectivity index (χ0n) is 23.2. The summed E-state index contributed by atoms with van der Waals surface area (Å²) in [5.74, 6) is 1.33. The Balaban J connectivity index is 1.48. The molecule has 1 saturated heterocycles. The summed E-state index contributed by atoms with van der Waals surface area (Å²) in [6, 6.07) is 10.8. The van der Waals surface area contributed by atoms with Gasteiger partial charge in [-0.25, -0.2) is 0 Å². The SMILES string of the molecule is CCOCCOCCOCCN1CCC(c2ccc(C(O)C(=O)c3ccc(C)c(OC)c3)cc2OC)CC1. The Morgan fingerprint density at radius 2 is 1.58 bits per heavy atom. The number of Topliss-reactive ketones (excluding diaryl/α,β-unsaturated/α-hetero) is 1. The van der Waals surface area contributed by atoms with E-state index < -0.39 is 6.10 Å². The Bertz CT molecular complexity index is 1000. The maximum atomic E-state index is 13.0. The minimum Gasteiger partial charge on any atom is -0.496 e. The van der Waals surface area contributed by atoms with E-state index in [1.165, 1.54) is 0 Å². The Hall–Kier alpha value is -2.49. The van der Waals surface area contributed by atoms with Gasteiger partial charge in [0.15, 0.2) is 5.78 Å². The van der Waals surface area contributed by atoms with Crippen LogP contribution in [0.2, 0.25) is 0 Å².